The molecule has 0 aliphatic carbocycles. The fourth-order valence-corrected chi connectivity index (χ4v) is 3.86. The zero-order chi connectivity index (χ0) is 13.1. The highest BCUT2D eigenvalue weighted by atomic mass is 79.9. The lowest BCUT2D eigenvalue weighted by Crippen LogP contribution is -2.19. The standard InChI is InChI=1S/C9H12BrNO4S2/c10-8-3-1-4-9(7-8)16(12,13)5-2-6-17(11,14)15/h1,3-4,7H,2,5-6H2,(H2,11,14,15). The largest absolute Gasteiger partial charge is 0.229 e. The van der Waals surface area contributed by atoms with Gasteiger partial charge in [0.15, 0.2) is 9.84 Å². The zero-order valence-electron chi connectivity index (χ0n) is 8.84. The molecule has 0 radical (unpaired) electrons. The molecular weight excluding hydrogens is 330 g/mol. The molecule has 2 N–H and O–H groups in total. The van der Waals surface area contributed by atoms with Crippen LogP contribution in [0.2, 0.25) is 0 Å². The Hall–Kier alpha value is -0.440. The topological polar surface area (TPSA) is 94.3 Å². The maximum Gasteiger partial charge on any atom is 0.209 e. The van der Waals surface area contributed by atoms with E-state index in [0.717, 1.165) is 0 Å². The molecule has 0 unspecified atom stereocenters. The van der Waals surface area contributed by atoms with Crippen molar-refractivity contribution in [2.45, 2.75) is 11.3 Å². The van der Waals surface area contributed by atoms with E-state index in [1.54, 1.807) is 12.1 Å². The average molecular weight is 342 g/mol. The van der Waals surface area contributed by atoms with Gasteiger partial charge in [0.05, 0.1) is 16.4 Å². The van der Waals surface area contributed by atoms with Gasteiger partial charge in [-0.15, -0.1) is 0 Å². The van der Waals surface area contributed by atoms with Crippen molar-refractivity contribution in [2.75, 3.05) is 11.5 Å². The zero-order valence-corrected chi connectivity index (χ0v) is 12.1. The summed E-state index contributed by atoms with van der Waals surface area (Å²) in [5, 5.41) is 4.80. The second-order valence-electron chi connectivity index (χ2n) is 3.50. The van der Waals surface area contributed by atoms with Crippen LogP contribution >= 0.6 is 15.9 Å². The van der Waals surface area contributed by atoms with Crippen LogP contribution in [-0.2, 0) is 19.9 Å². The third-order valence-corrected chi connectivity index (χ3v) is 5.15. The van der Waals surface area contributed by atoms with E-state index in [1.165, 1.54) is 12.1 Å². The van der Waals surface area contributed by atoms with Gasteiger partial charge >= 0.3 is 0 Å². The van der Waals surface area contributed by atoms with E-state index in [4.69, 9.17) is 5.14 Å². The number of hydrogen-bond donors (Lipinski definition) is 1. The molecule has 0 amide bonds. The molecule has 17 heavy (non-hydrogen) atoms. The van der Waals surface area contributed by atoms with Crippen LogP contribution in [0.25, 0.3) is 0 Å². The Kier molecular flexibility index (Phi) is 4.70. The van der Waals surface area contributed by atoms with Gasteiger partial charge in [-0.1, -0.05) is 22.0 Å². The molecule has 1 aromatic rings. The molecule has 0 spiro atoms. The number of nitrogens with two attached hydrogens (primary N) is 1. The fraction of sp³-hybridized carbons (Fsp3) is 0.333. The van der Waals surface area contributed by atoms with Crippen LogP contribution in [0.3, 0.4) is 0 Å². The van der Waals surface area contributed by atoms with Gasteiger partial charge in [0.1, 0.15) is 0 Å². The number of halogens is 1. The van der Waals surface area contributed by atoms with Crippen molar-refractivity contribution in [3.63, 3.8) is 0 Å². The summed E-state index contributed by atoms with van der Waals surface area (Å²) in [7, 11) is -7.07. The minimum absolute atomic E-state index is 0.00627. The van der Waals surface area contributed by atoms with Gasteiger partial charge in [-0.25, -0.2) is 22.0 Å². The Bertz CT molecular complexity index is 595. The molecule has 0 heterocycles. The molecule has 0 atom stereocenters. The number of sulfonamides is 1. The van der Waals surface area contributed by atoms with Gasteiger partial charge in [0, 0.05) is 4.47 Å². The molecule has 8 heteroatoms. The van der Waals surface area contributed by atoms with Crippen molar-refractivity contribution in [3.8, 4) is 0 Å². The van der Waals surface area contributed by atoms with Crippen LogP contribution in [0.4, 0.5) is 0 Å². The summed E-state index contributed by atoms with van der Waals surface area (Å²) in [4.78, 5) is 0.168. The molecule has 5 nitrogen and oxygen atoms in total. The van der Waals surface area contributed by atoms with Crippen LogP contribution in [0, 0.1) is 0 Å². The van der Waals surface area contributed by atoms with E-state index < -0.39 is 19.9 Å². The van der Waals surface area contributed by atoms with Gasteiger partial charge in [-0.05, 0) is 24.6 Å². The molecule has 1 rings (SSSR count). The third kappa shape index (κ3) is 5.15. The van der Waals surface area contributed by atoms with E-state index in [2.05, 4.69) is 15.9 Å². The van der Waals surface area contributed by atoms with Crippen molar-refractivity contribution >= 4 is 35.8 Å². The Morgan fingerprint density at radius 2 is 1.76 bits per heavy atom. The van der Waals surface area contributed by atoms with Gasteiger partial charge < -0.3 is 0 Å². The fourth-order valence-electron chi connectivity index (χ4n) is 1.23. The van der Waals surface area contributed by atoms with Crippen molar-refractivity contribution < 1.29 is 16.8 Å². The maximum absolute atomic E-state index is 11.8. The van der Waals surface area contributed by atoms with E-state index >= 15 is 0 Å². The highest BCUT2D eigenvalue weighted by Crippen LogP contribution is 2.17. The maximum atomic E-state index is 11.8. The van der Waals surface area contributed by atoms with Crippen LogP contribution in [0.1, 0.15) is 6.42 Å². The van der Waals surface area contributed by atoms with Crippen LogP contribution < -0.4 is 5.14 Å². The predicted octanol–water partition coefficient (Wildman–Crippen LogP) is 0.901. The number of benzene rings is 1. The van der Waals surface area contributed by atoms with E-state index in [0.29, 0.717) is 4.47 Å². The molecule has 0 aliphatic rings. The van der Waals surface area contributed by atoms with E-state index in [9.17, 15) is 16.8 Å². The summed E-state index contributed by atoms with van der Waals surface area (Å²) >= 11 is 3.17. The predicted molar refractivity (Wildman–Crippen MR) is 68.8 cm³/mol. The molecule has 0 saturated carbocycles. The summed E-state index contributed by atoms with van der Waals surface area (Å²) < 4.78 is 45.7. The SMILES string of the molecule is NS(=O)(=O)CCCS(=O)(=O)c1cccc(Br)c1. The summed E-state index contributed by atoms with van der Waals surface area (Å²) in [6.45, 7) is 0. The molecule has 0 fully saturated rings. The van der Waals surface area contributed by atoms with Crippen molar-refractivity contribution in [1.82, 2.24) is 0 Å². The van der Waals surface area contributed by atoms with Crippen LogP contribution in [-0.4, -0.2) is 28.3 Å². The Morgan fingerprint density at radius 1 is 1.12 bits per heavy atom. The van der Waals surface area contributed by atoms with Crippen LogP contribution in [0.15, 0.2) is 33.6 Å². The molecule has 0 aliphatic heterocycles. The summed E-state index contributed by atoms with van der Waals surface area (Å²) in [5.74, 6) is -0.569. The minimum atomic E-state index is -3.61. The molecule has 0 saturated heterocycles. The highest BCUT2D eigenvalue weighted by molar-refractivity contribution is 9.10. The first kappa shape index (κ1) is 14.6. The van der Waals surface area contributed by atoms with E-state index in [-0.39, 0.29) is 22.8 Å². The van der Waals surface area contributed by atoms with Crippen molar-refractivity contribution in [2.24, 2.45) is 5.14 Å². The lowest BCUT2D eigenvalue weighted by Gasteiger charge is -2.04. The number of rotatable bonds is 5. The second kappa shape index (κ2) is 5.47. The lowest BCUT2D eigenvalue weighted by molar-refractivity contribution is 0.590. The molecular formula is C9H12BrNO4S2. The third-order valence-electron chi connectivity index (χ3n) is 2.00. The minimum Gasteiger partial charge on any atom is -0.229 e. The summed E-state index contributed by atoms with van der Waals surface area (Å²) in [5.41, 5.74) is 0. The lowest BCUT2D eigenvalue weighted by atomic mass is 10.4. The molecule has 0 bridgehead atoms. The second-order valence-corrected chi connectivity index (χ2v) is 8.26. The average Bonchev–Trinajstić information content (AvgIpc) is 2.15. The van der Waals surface area contributed by atoms with Gasteiger partial charge in [-0.3, -0.25) is 0 Å². The quantitative estimate of drug-likeness (QED) is 0.860. The van der Waals surface area contributed by atoms with Crippen molar-refractivity contribution in [1.29, 1.82) is 0 Å². The Morgan fingerprint density at radius 3 is 2.29 bits per heavy atom. The van der Waals surface area contributed by atoms with Crippen molar-refractivity contribution in [3.05, 3.63) is 28.7 Å². The van der Waals surface area contributed by atoms with Crippen LogP contribution in [0.5, 0.6) is 0 Å². The van der Waals surface area contributed by atoms with Gasteiger partial charge in [0.2, 0.25) is 10.0 Å². The smallest absolute Gasteiger partial charge is 0.209 e. The summed E-state index contributed by atoms with van der Waals surface area (Å²) in [6.07, 6.45) is -0.00627. The van der Waals surface area contributed by atoms with Gasteiger partial charge in [0.25, 0.3) is 0 Å². The van der Waals surface area contributed by atoms with E-state index in [1.807, 2.05) is 0 Å². The number of sulfone groups is 1. The molecule has 96 valence electrons. The number of hydrogen-bond acceptors (Lipinski definition) is 4. The monoisotopic (exact) mass is 341 g/mol. The van der Waals surface area contributed by atoms with Gasteiger partial charge in [-0.2, -0.15) is 0 Å². The first-order chi connectivity index (χ1) is 7.71. The molecule has 1 aromatic carbocycles. The Labute approximate surface area is 109 Å². The highest BCUT2D eigenvalue weighted by Gasteiger charge is 2.15. The first-order valence-electron chi connectivity index (χ1n) is 4.69. The Balaban J connectivity index is 2.77. The normalized spacial score (nSPS) is 12.6. The summed E-state index contributed by atoms with van der Waals surface area (Å²) in [6, 6.07) is 6.27. The molecule has 0 aromatic heterocycles. The first-order valence-corrected chi connectivity index (χ1v) is 8.85. The number of primary sulfonamides is 1.